The molecule has 0 saturated carbocycles. The third-order valence-electron chi connectivity index (χ3n) is 2.00. The predicted octanol–water partition coefficient (Wildman–Crippen LogP) is 2.64. The summed E-state index contributed by atoms with van der Waals surface area (Å²) in [6.45, 7) is 2.06. The molecule has 0 spiro atoms. The Hall–Kier alpha value is -1.47. The maximum atomic E-state index is 11.5. The zero-order chi connectivity index (χ0) is 11.8. The summed E-state index contributed by atoms with van der Waals surface area (Å²) in [5, 5.41) is 11.6. The number of para-hydroxylation sites is 1. The average Bonchev–Trinajstić information content (AvgIpc) is 2.30. The molecule has 0 aromatic heterocycles. The molecule has 16 heavy (non-hydrogen) atoms. The normalized spacial score (nSPS) is 9.50. The second-order valence-electron chi connectivity index (χ2n) is 3.15. The summed E-state index contributed by atoms with van der Waals surface area (Å²) in [7, 11) is 0. The number of rotatable bonds is 5. The second-order valence-corrected chi connectivity index (χ2v) is 4.55. The van der Waals surface area contributed by atoms with Gasteiger partial charge in [-0.15, -0.1) is 0 Å². The Bertz CT molecular complexity index is 398. The molecule has 0 aliphatic heterocycles. The molecule has 3 nitrogen and oxygen atoms in total. The molecule has 1 amide bonds. The molecule has 1 N–H and O–H groups in total. The monoisotopic (exact) mass is 234 g/mol. The lowest BCUT2D eigenvalue weighted by Crippen LogP contribution is -2.13. The van der Waals surface area contributed by atoms with Gasteiger partial charge < -0.3 is 5.32 Å². The largest absolute Gasteiger partial charge is 0.325 e. The zero-order valence-corrected chi connectivity index (χ0v) is 10.0. The molecule has 84 valence electrons. The highest BCUT2D eigenvalue weighted by molar-refractivity contribution is 7.99. The van der Waals surface area contributed by atoms with E-state index in [0.29, 0.717) is 17.7 Å². The molecular weight excluding hydrogens is 220 g/mol. The number of thioether (sulfide) groups is 1. The molecule has 0 radical (unpaired) electrons. The number of hydrogen-bond acceptors (Lipinski definition) is 3. The Morgan fingerprint density at radius 2 is 2.25 bits per heavy atom. The lowest BCUT2D eigenvalue weighted by Gasteiger charge is -2.06. The lowest BCUT2D eigenvalue weighted by molar-refractivity contribution is -0.115. The van der Waals surface area contributed by atoms with Crippen LogP contribution in [0.1, 0.15) is 18.9 Å². The third kappa shape index (κ3) is 3.95. The van der Waals surface area contributed by atoms with Gasteiger partial charge in [0, 0.05) is 12.2 Å². The van der Waals surface area contributed by atoms with Gasteiger partial charge >= 0.3 is 0 Å². The minimum Gasteiger partial charge on any atom is -0.325 e. The molecule has 0 unspecified atom stereocenters. The molecule has 1 aromatic carbocycles. The van der Waals surface area contributed by atoms with Gasteiger partial charge in [-0.3, -0.25) is 4.79 Å². The average molecular weight is 234 g/mol. The Kier molecular flexibility index (Phi) is 5.44. The Morgan fingerprint density at radius 3 is 2.94 bits per heavy atom. The maximum Gasteiger partial charge on any atom is 0.225 e. The smallest absolute Gasteiger partial charge is 0.225 e. The Morgan fingerprint density at radius 1 is 1.50 bits per heavy atom. The lowest BCUT2D eigenvalue weighted by atomic mass is 10.2. The Labute approximate surface area is 99.8 Å². The third-order valence-corrected chi connectivity index (χ3v) is 2.90. The van der Waals surface area contributed by atoms with Crippen molar-refractivity contribution >= 4 is 23.4 Å². The minimum atomic E-state index is -0.0383. The van der Waals surface area contributed by atoms with Gasteiger partial charge in [0.2, 0.25) is 5.91 Å². The highest BCUT2D eigenvalue weighted by Crippen LogP contribution is 2.14. The van der Waals surface area contributed by atoms with Crippen LogP contribution in [0.5, 0.6) is 0 Å². The van der Waals surface area contributed by atoms with E-state index in [4.69, 9.17) is 5.26 Å². The van der Waals surface area contributed by atoms with Crippen LogP contribution in [0.3, 0.4) is 0 Å². The van der Waals surface area contributed by atoms with Crippen LogP contribution in [0.2, 0.25) is 0 Å². The fourth-order valence-electron chi connectivity index (χ4n) is 1.21. The summed E-state index contributed by atoms with van der Waals surface area (Å²) in [5.74, 6) is 1.79. The first-order valence-electron chi connectivity index (χ1n) is 5.14. The molecule has 0 saturated heterocycles. The van der Waals surface area contributed by atoms with Crippen molar-refractivity contribution in [3.05, 3.63) is 29.8 Å². The fraction of sp³-hybridized carbons (Fsp3) is 0.333. The van der Waals surface area contributed by atoms with E-state index in [9.17, 15) is 4.79 Å². The SMILES string of the molecule is CCSCCC(=O)Nc1ccccc1C#N. The fourth-order valence-corrected chi connectivity index (χ4v) is 1.83. The van der Waals surface area contributed by atoms with Gasteiger partial charge in [-0.1, -0.05) is 19.1 Å². The van der Waals surface area contributed by atoms with Crippen LogP contribution in [0.4, 0.5) is 5.69 Å². The van der Waals surface area contributed by atoms with E-state index < -0.39 is 0 Å². The van der Waals surface area contributed by atoms with Crippen LogP contribution >= 0.6 is 11.8 Å². The van der Waals surface area contributed by atoms with E-state index in [2.05, 4.69) is 12.2 Å². The number of nitrogens with zero attached hydrogens (tertiary/aromatic N) is 1. The predicted molar refractivity (Wildman–Crippen MR) is 67.4 cm³/mol. The molecule has 0 atom stereocenters. The van der Waals surface area contributed by atoms with Crippen LogP contribution in [-0.2, 0) is 4.79 Å². The van der Waals surface area contributed by atoms with E-state index >= 15 is 0 Å². The van der Waals surface area contributed by atoms with Crippen molar-refractivity contribution < 1.29 is 4.79 Å². The number of nitriles is 1. The summed E-state index contributed by atoms with van der Waals surface area (Å²) in [6.07, 6.45) is 0.484. The summed E-state index contributed by atoms with van der Waals surface area (Å²) < 4.78 is 0. The number of anilines is 1. The van der Waals surface area contributed by atoms with Crippen molar-refractivity contribution in [2.24, 2.45) is 0 Å². The van der Waals surface area contributed by atoms with Crippen LogP contribution in [-0.4, -0.2) is 17.4 Å². The molecule has 0 fully saturated rings. The van der Waals surface area contributed by atoms with E-state index in [1.54, 1.807) is 36.0 Å². The van der Waals surface area contributed by atoms with E-state index in [1.165, 1.54) is 0 Å². The second kappa shape index (κ2) is 6.91. The van der Waals surface area contributed by atoms with Crippen LogP contribution in [0.25, 0.3) is 0 Å². The molecule has 0 aliphatic carbocycles. The first-order valence-corrected chi connectivity index (χ1v) is 6.30. The first-order chi connectivity index (χ1) is 7.77. The summed E-state index contributed by atoms with van der Waals surface area (Å²) in [5.41, 5.74) is 1.09. The van der Waals surface area contributed by atoms with Crippen LogP contribution < -0.4 is 5.32 Å². The van der Waals surface area contributed by atoms with Gasteiger partial charge in [-0.2, -0.15) is 17.0 Å². The van der Waals surface area contributed by atoms with Gasteiger partial charge in [-0.25, -0.2) is 0 Å². The van der Waals surface area contributed by atoms with E-state index in [0.717, 1.165) is 11.5 Å². The van der Waals surface area contributed by atoms with Gasteiger partial charge in [-0.05, 0) is 17.9 Å². The van der Waals surface area contributed by atoms with Crippen molar-refractivity contribution in [3.63, 3.8) is 0 Å². The quantitative estimate of drug-likeness (QED) is 0.797. The molecular formula is C12H14N2OS. The molecule has 1 rings (SSSR count). The van der Waals surface area contributed by atoms with Crippen molar-refractivity contribution in [2.75, 3.05) is 16.8 Å². The highest BCUT2D eigenvalue weighted by Gasteiger charge is 2.05. The minimum absolute atomic E-state index is 0.0383. The number of hydrogen-bond donors (Lipinski definition) is 1. The number of benzene rings is 1. The summed E-state index contributed by atoms with van der Waals surface area (Å²) >= 11 is 1.73. The first kappa shape index (κ1) is 12.6. The van der Waals surface area contributed by atoms with Crippen molar-refractivity contribution in [2.45, 2.75) is 13.3 Å². The van der Waals surface area contributed by atoms with Crippen molar-refractivity contribution in [3.8, 4) is 6.07 Å². The Balaban J connectivity index is 2.53. The van der Waals surface area contributed by atoms with Crippen molar-refractivity contribution in [1.29, 1.82) is 5.26 Å². The maximum absolute atomic E-state index is 11.5. The topological polar surface area (TPSA) is 52.9 Å². The summed E-state index contributed by atoms with van der Waals surface area (Å²) in [4.78, 5) is 11.5. The van der Waals surface area contributed by atoms with E-state index in [1.807, 2.05) is 6.07 Å². The van der Waals surface area contributed by atoms with Crippen molar-refractivity contribution in [1.82, 2.24) is 0 Å². The standard InChI is InChI=1S/C12H14N2OS/c1-2-16-8-7-12(15)14-11-6-4-3-5-10(11)9-13/h3-6H,2,7-8H2,1H3,(H,14,15). The van der Waals surface area contributed by atoms with Crippen LogP contribution in [0, 0.1) is 11.3 Å². The summed E-state index contributed by atoms with van der Waals surface area (Å²) in [6, 6.07) is 9.06. The number of carbonyl (C=O) groups is 1. The van der Waals surface area contributed by atoms with Gasteiger partial charge in [0.05, 0.1) is 11.3 Å². The molecule has 4 heteroatoms. The molecule has 0 aliphatic rings. The molecule has 1 aromatic rings. The van der Waals surface area contributed by atoms with Crippen LogP contribution in [0.15, 0.2) is 24.3 Å². The number of amides is 1. The van der Waals surface area contributed by atoms with E-state index in [-0.39, 0.29) is 5.91 Å². The highest BCUT2D eigenvalue weighted by atomic mass is 32.2. The van der Waals surface area contributed by atoms with Gasteiger partial charge in [0.25, 0.3) is 0 Å². The van der Waals surface area contributed by atoms with Gasteiger partial charge in [0.15, 0.2) is 0 Å². The van der Waals surface area contributed by atoms with Gasteiger partial charge in [0.1, 0.15) is 6.07 Å². The number of nitrogens with one attached hydrogen (secondary N) is 1. The zero-order valence-electron chi connectivity index (χ0n) is 9.19. The molecule has 0 heterocycles. The number of carbonyl (C=O) groups excluding carboxylic acids is 1. The molecule has 0 bridgehead atoms.